The lowest BCUT2D eigenvalue weighted by Gasteiger charge is -2.36. The number of piperidine rings is 1. The van der Waals surface area contributed by atoms with Crippen molar-refractivity contribution in [1.29, 1.82) is 0 Å². The van der Waals surface area contributed by atoms with Gasteiger partial charge in [0.05, 0.1) is 10.5 Å². The summed E-state index contributed by atoms with van der Waals surface area (Å²) in [5.74, 6) is -1.59. The number of aryl methyl sites for hydroxylation is 1. The second kappa shape index (κ2) is 11.7. The quantitative estimate of drug-likeness (QED) is 0.295. The molecule has 14 heteroatoms. The van der Waals surface area contributed by atoms with Gasteiger partial charge in [-0.15, -0.1) is 11.3 Å². The minimum absolute atomic E-state index is 0.0515. The van der Waals surface area contributed by atoms with Gasteiger partial charge < -0.3 is 20.5 Å². The number of aliphatic carboxylic acids is 1. The Morgan fingerprint density at radius 1 is 1.24 bits per heavy atom. The molecule has 0 unspecified atom stereocenters. The first-order valence-electron chi connectivity index (χ1n) is 11.6. The average Bonchev–Trinajstić information content (AvgIpc) is 3.36. The third kappa shape index (κ3) is 6.74. The lowest BCUT2D eigenvalue weighted by Crippen LogP contribution is -2.55. The average molecular weight is 604 g/mol. The molecule has 0 spiro atoms. The number of hydrogen-bond donors (Lipinski definition) is 3. The maximum atomic E-state index is 14.9. The van der Waals surface area contributed by atoms with Crippen LogP contribution in [0.5, 0.6) is 11.5 Å². The van der Waals surface area contributed by atoms with Gasteiger partial charge in [-0.3, -0.25) is 9.52 Å². The second-order valence-electron chi connectivity index (χ2n) is 8.95. The topological polar surface area (TPSA) is 135 Å². The third-order valence-corrected chi connectivity index (χ3v) is 8.77. The fraction of sp³-hybridized carbons (Fsp3) is 0.333. The molecule has 1 aliphatic heterocycles. The van der Waals surface area contributed by atoms with Crippen molar-refractivity contribution in [2.75, 3.05) is 24.4 Å². The second-order valence-corrected chi connectivity index (χ2v) is 12.2. The van der Waals surface area contributed by atoms with E-state index >= 15 is 0 Å². The zero-order chi connectivity index (χ0) is 27.5. The highest BCUT2D eigenvalue weighted by Gasteiger charge is 2.37. The molecular formula is C24H25Cl2FN4O5S2. The summed E-state index contributed by atoms with van der Waals surface area (Å²) in [6.07, 6.45) is 2.05. The van der Waals surface area contributed by atoms with Crippen LogP contribution in [-0.2, 0) is 21.2 Å². The van der Waals surface area contributed by atoms with Gasteiger partial charge in [0.15, 0.2) is 5.82 Å². The Balaban J connectivity index is 1.44. The number of carboxylic acids is 1. The van der Waals surface area contributed by atoms with Crippen molar-refractivity contribution in [2.45, 2.75) is 36.1 Å². The van der Waals surface area contributed by atoms with Crippen molar-refractivity contribution < 1.29 is 27.4 Å². The molecule has 1 saturated heterocycles. The predicted molar refractivity (Wildman–Crippen MR) is 144 cm³/mol. The molecule has 4 N–H and O–H groups in total. The highest BCUT2D eigenvalue weighted by Crippen LogP contribution is 2.36. The van der Waals surface area contributed by atoms with Crippen LogP contribution in [0.25, 0.3) is 0 Å². The molecule has 2 heterocycles. The van der Waals surface area contributed by atoms with Crippen LogP contribution in [0.15, 0.2) is 46.1 Å². The molecule has 2 aromatic carbocycles. The van der Waals surface area contributed by atoms with E-state index in [1.54, 1.807) is 18.2 Å². The maximum absolute atomic E-state index is 14.9. The monoisotopic (exact) mass is 602 g/mol. The number of likely N-dealkylation sites (tertiary alicyclic amines) is 1. The van der Waals surface area contributed by atoms with Crippen LogP contribution in [0.1, 0.15) is 24.8 Å². The number of sulfonamides is 1. The smallest absolute Gasteiger partial charge is 0.323 e. The summed E-state index contributed by atoms with van der Waals surface area (Å²) in [6, 6.07) is 6.91. The lowest BCUT2D eigenvalue weighted by molar-refractivity contribution is -0.145. The van der Waals surface area contributed by atoms with Gasteiger partial charge in [0.1, 0.15) is 27.8 Å². The minimum atomic E-state index is -4.26. The van der Waals surface area contributed by atoms with Crippen LogP contribution < -0.4 is 15.2 Å². The van der Waals surface area contributed by atoms with Crippen molar-refractivity contribution in [3.63, 3.8) is 0 Å². The maximum Gasteiger partial charge on any atom is 0.323 e. The summed E-state index contributed by atoms with van der Waals surface area (Å²) >= 11 is 13.7. The SMILES string of the molecule is NC1(C(=O)O)CCN(CCCc2cc(Cl)ccc2Oc2cc(F)c(S(=O)(=O)Nc3cscn3)cc2Cl)CC1. The van der Waals surface area contributed by atoms with Crippen molar-refractivity contribution >= 4 is 56.3 Å². The van der Waals surface area contributed by atoms with Crippen LogP contribution in [0, 0.1) is 5.82 Å². The Labute approximate surface area is 233 Å². The molecule has 0 atom stereocenters. The van der Waals surface area contributed by atoms with Crippen molar-refractivity contribution in [1.82, 2.24) is 9.88 Å². The van der Waals surface area contributed by atoms with Crippen molar-refractivity contribution in [3.8, 4) is 11.5 Å². The lowest BCUT2D eigenvalue weighted by atomic mass is 9.89. The number of nitrogens with zero attached hydrogens (tertiary/aromatic N) is 2. The number of thiazole rings is 1. The molecule has 0 saturated carbocycles. The van der Waals surface area contributed by atoms with Gasteiger partial charge in [-0.2, -0.15) is 0 Å². The van der Waals surface area contributed by atoms with Gasteiger partial charge in [-0.25, -0.2) is 17.8 Å². The van der Waals surface area contributed by atoms with E-state index in [9.17, 15) is 22.7 Å². The number of aromatic nitrogens is 1. The van der Waals surface area contributed by atoms with E-state index in [2.05, 4.69) is 14.6 Å². The van der Waals surface area contributed by atoms with Crippen LogP contribution in [0.4, 0.5) is 10.2 Å². The number of rotatable bonds is 10. The molecule has 0 bridgehead atoms. The Bertz CT molecular complexity index is 1420. The van der Waals surface area contributed by atoms with Crippen molar-refractivity contribution in [3.05, 3.63) is 62.6 Å². The first-order chi connectivity index (χ1) is 18.0. The number of nitrogens with two attached hydrogens (primary N) is 1. The fourth-order valence-corrected chi connectivity index (χ4v) is 6.20. The van der Waals surface area contributed by atoms with Gasteiger partial charge in [-0.1, -0.05) is 23.2 Å². The van der Waals surface area contributed by atoms with E-state index in [0.29, 0.717) is 43.1 Å². The van der Waals surface area contributed by atoms with Gasteiger partial charge in [0.2, 0.25) is 0 Å². The number of anilines is 1. The number of ether oxygens (including phenoxy) is 1. The van der Waals surface area contributed by atoms with Gasteiger partial charge in [0, 0.05) is 29.6 Å². The first kappa shape index (κ1) is 28.5. The van der Waals surface area contributed by atoms with E-state index < -0.39 is 32.2 Å². The van der Waals surface area contributed by atoms with Crippen LogP contribution >= 0.6 is 34.5 Å². The third-order valence-electron chi connectivity index (χ3n) is 6.28. The standard InChI is InChI=1S/C24H25Cl2FN4O5S2/c25-16-3-4-19(15(10-16)2-1-7-31-8-5-24(28,6-9-31)23(32)33)36-20-12-18(27)21(11-17(20)26)38(34,35)30-22-13-37-14-29-22/h3-4,10-14,30H,1-2,5-9,28H2,(H,32,33). The Kier molecular flexibility index (Phi) is 8.80. The highest BCUT2D eigenvalue weighted by atomic mass is 35.5. The van der Waals surface area contributed by atoms with Crippen LogP contribution in [0.2, 0.25) is 10.0 Å². The van der Waals surface area contributed by atoms with E-state index in [1.807, 2.05) is 0 Å². The number of hydrogen-bond acceptors (Lipinski definition) is 8. The van der Waals surface area contributed by atoms with E-state index in [4.69, 9.17) is 33.7 Å². The number of halogens is 3. The molecule has 1 aliphatic rings. The summed E-state index contributed by atoms with van der Waals surface area (Å²) in [6.45, 7) is 1.89. The molecule has 0 aliphatic carbocycles. The molecule has 38 heavy (non-hydrogen) atoms. The molecule has 204 valence electrons. The van der Waals surface area contributed by atoms with Crippen molar-refractivity contribution in [2.24, 2.45) is 5.73 Å². The summed E-state index contributed by atoms with van der Waals surface area (Å²) in [4.78, 5) is 16.7. The van der Waals surface area contributed by atoms with Crippen LogP contribution in [0.3, 0.4) is 0 Å². The fourth-order valence-electron chi connectivity index (χ4n) is 4.09. The Morgan fingerprint density at radius 3 is 2.63 bits per heavy atom. The van der Waals surface area contributed by atoms with E-state index in [0.717, 1.165) is 30.7 Å². The largest absolute Gasteiger partial charge is 0.480 e. The highest BCUT2D eigenvalue weighted by molar-refractivity contribution is 7.92. The molecule has 4 rings (SSSR count). The Morgan fingerprint density at radius 2 is 1.97 bits per heavy atom. The minimum Gasteiger partial charge on any atom is -0.480 e. The number of carbonyl (C=O) groups is 1. The molecule has 1 fully saturated rings. The zero-order valence-electron chi connectivity index (χ0n) is 20.0. The van der Waals surface area contributed by atoms with Crippen LogP contribution in [-0.4, -0.2) is 54.6 Å². The molecule has 3 aromatic rings. The number of benzene rings is 2. The summed E-state index contributed by atoms with van der Waals surface area (Å²) in [5, 5.41) is 11.2. The number of carboxylic acid groups (broad SMARTS) is 1. The summed E-state index contributed by atoms with van der Waals surface area (Å²) in [5.41, 5.74) is 6.97. The number of nitrogens with one attached hydrogen (secondary N) is 1. The molecule has 0 radical (unpaired) electrons. The van der Waals surface area contributed by atoms with Gasteiger partial charge in [-0.05, 0) is 62.1 Å². The van der Waals surface area contributed by atoms with Gasteiger partial charge >= 0.3 is 5.97 Å². The molecule has 0 amide bonds. The Hall–Kier alpha value is -2.48. The summed E-state index contributed by atoms with van der Waals surface area (Å²) in [7, 11) is -4.26. The molecular weight excluding hydrogens is 578 g/mol. The predicted octanol–water partition coefficient (Wildman–Crippen LogP) is 4.99. The van der Waals surface area contributed by atoms with E-state index in [-0.39, 0.29) is 16.6 Å². The summed E-state index contributed by atoms with van der Waals surface area (Å²) < 4.78 is 48.2. The first-order valence-corrected chi connectivity index (χ1v) is 14.8. The van der Waals surface area contributed by atoms with Gasteiger partial charge in [0.25, 0.3) is 10.0 Å². The zero-order valence-corrected chi connectivity index (χ0v) is 23.1. The van der Waals surface area contributed by atoms with E-state index in [1.165, 1.54) is 22.2 Å². The molecule has 9 nitrogen and oxygen atoms in total. The molecule has 1 aromatic heterocycles. The normalized spacial score (nSPS) is 15.8.